The van der Waals surface area contributed by atoms with Crippen molar-refractivity contribution in [2.45, 2.75) is 0 Å². The second-order valence-electron chi connectivity index (χ2n) is 5.32. The first-order valence-corrected chi connectivity index (χ1v) is 7.88. The number of hydrogen-bond acceptors (Lipinski definition) is 4. The molecule has 0 saturated heterocycles. The van der Waals surface area contributed by atoms with Crippen LogP contribution in [0.2, 0.25) is 5.15 Å². The average Bonchev–Trinajstić information content (AvgIpc) is 2.64. The van der Waals surface area contributed by atoms with Crippen LogP contribution in [0.25, 0.3) is 21.5 Å². The fourth-order valence-corrected chi connectivity index (χ4v) is 2.88. The van der Waals surface area contributed by atoms with Crippen LogP contribution in [0, 0.1) is 0 Å². The minimum Gasteiger partial charge on any atom is -0.259 e. The van der Waals surface area contributed by atoms with Gasteiger partial charge in [0.25, 0.3) is 0 Å². The monoisotopic (exact) mass is 332 g/mol. The molecular weight excluding hydrogens is 320 g/mol. The number of rotatable bonds is 3. The molecule has 0 unspecified atom stereocenters. The number of nitrogens with one attached hydrogen (secondary N) is 1. The average molecular weight is 333 g/mol. The summed E-state index contributed by atoms with van der Waals surface area (Å²) < 4.78 is 0. The van der Waals surface area contributed by atoms with Crippen molar-refractivity contribution >= 4 is 45.2 Å². The maximum Gasteiger partial charge on any atom is 0.176 e. The normalized spacial score (nSPS) is 11.4. The van der Waals surface area contributed by atoms with Gasteiger partial charge in [0.15, 0.2) is 11.0 Å². The Kier molecular flexibility index (Phi) is 3.81. The van der Waals surface area contributed by atoms with Gasteiger partial charge in [0, 0.05) is 16.3 Å². The zero-order valence-corrected chi connectivity index (χ0v) is 13.4. The summed E-state index contributed by atoms with van der Waals surface area (Å²) in [5.41, 5.74) is 4.00. The number of fused-ring (bicyclic) bond motifs is 2. The molecule has 3 aromatic carbocycles. The molecule has 0 bridgehead atoms. The molecule has 4 rings (SSSR count). The zero-order chi connectivity index (χ0) is 16.4. The first-order valence-electron chi connectivity index (χ1n) is 7.51. The molecule has 1 heterocycles. The van der Waals surface area contributed by atoms with Crippen LogP contribution in [0.5, 0.6) is 0 Å². The Bertz CT molecular complexity index is 1050. The van der Waals surface area contributed by atoms with Crippen LogP contribution in [0.3, 0.4) is 0 Å². The highest BCUT2D eigenvalue weighted by molar-refractivity contribution is 6.34. The van der Waals surface area contributed by atoms with Gasteiger partial charge in [-0.3, -0.25) is 5.43 Å². The molecular formula is C19H13ClN4. The van der Waals surface area contributed by atoms with Crippen LogP contribution < -0.4 is 5.43 Å². The van der Waals surface area contributed by atoms with E-state index in [1.54, 1.807) is 6.21 Å². The summed E-state index contributed by atoms with van der Waals surface area (Å²) in [6, 6.07) is 22.0. The summed E-state index contributed by atoms with van der Waals surface area (Å²) in [5.74, 6) is 0.575. The van der Waals surface area contributed by atoms with E-state index in [4.69, 9.17) is 11.6 Å². The lowest BCUT2D eigenvalue weighted by atomic mass is 10.1. The molecule has 0 saturated carbocycles. The molecule has 1 aromatic heterocycles. The van der Waals surface area contributed by atoms with Crippen molar-refractivity contribution < 1.29 is 0 Å². The second-order valence-corrected chi connectivity index (χ2v) is 5.68. The number of hydrogen-bond donors (Lipinski definition) is 1. The van der Waals surface area contributed by atoms with Crippen LogP contribution in [0.1, 0.15) is 5.56 Å². The number of halogens is 1. The van der Waals surface area contributed by atoms with E-state index in [-0.39, 0.29) is 0 Å². The van der Waals surface area contributed by atoms with Gasteiger partial charge in [-0.15, -0.1) is 10.2 Å². The van der Waals surface area contributed by atoms with Gasteiger partial charge in [0.2, 0.25) is 0 Å². The lowest BCUT2D eigenvalue weighted by molar-refractivity contribution is 1.04. The predicted octanol–water partition coefficient (Wildman–Crippen LogP) is 4.88. The van der Waals surface area contributed by atoms with Crippen LogP contribution in [0.15, 0.2) is 71.8 Å². The summed E-state index contributed by atoms with van der Waals surface area (Å²) in [6.07, 6.45) is 1.79. The summed E-state index contributed by atoms with van der Waals surface area (Å²) in [4.78, 5) is 0. The van der Waals surface area contributed by atoms with Crippen LogP contribution in [0.4, 0.5) is 5.82 Å². The third-order valence-corrected chi connectivity index (χ3v) is 4.12. The van der Waals surface area contributed by atoms with E-state index in [2.05, 4.69) is 38.9 Å². The number of anilines is 1. The summed E-state index contributed by atoms with van der Waals surface area (Å²) in [7, 11) is 0. The van der Waals surface area contributed by atoms with Crippen LogP contribution >= 0.6 is 11.6 Å². The Morgan fingerprint density at radius 2 is 1.50 bits per heavy atom. The zero-order valence-electron chi connectivity index (χ0n) is 12.6. The van der Waals surface area contributed by atoms with E-state index in [0.717, 1.165) is 21.7 Å². The Hall–Kier alpha value is -2.98. The molecule has 0 fully saturated rings. The van der Waals surface area contributed by atoms with Crippen molar-refractivity contribution in [3.63, 3.8) is 0 Å². The van der Waals surface area contributed by atoms with Gasteiger partial charge in [0.05, 0.1) is 6.21 Å². The van der Waals surface area contributed by atoms with E-state index in [0.29, 0.717) is 11.0 Å². The summed E-state index contributed by atoms with van der Waals surface area (Å²) in [6.45, 7) is 0. The molecule has 0 radical (unpaired) electrons. The lowest BCUT2D eigenvalue weighted by Gasteiger charge is -2.05. The number of nitrogens with zero attached hydrogens (tertiary/aromatic N) is 3. The molecule has 0 spiro atoms. The largest absolute Gasteiger partial charge is 0.259 e. The third kappa shape index (κ3) is 2.68. The van der Waals surface area contributed by atoms with Crippen LogP contribution in [-0.2, 0) is 0 Å². The maximum absolute atomic E-state index is 6.08. The molecule has 0 aliphatic heterocycles. The molecule has 24 heavy (non-hydrogen) atoms. The number of benzene rings is 3. The molecule has 4 aromatic rings. The van der Waals surface area contributed by atoms with Crippen molar-refractivity contribution in [1.82, 2.24) is 10.2 Å². The summed E-state index contributed by atoms with van der Waals surface area (Å²) >= 11 is 6.08. The third-order valence-electron chi connectivity index (χ3n) is 3.84. The molecule has 0 aliphatic rings. The molecule has 0 aliphatic carbocycles. The van der Waals surface area contributed by atoms with E-state index in [9.17, 15) is 0 Å². The van der Waals surface area contributed by atoms with Crippen molar-refractivity contribution in [3.05, 3.63) is 77.4 Å². The topological polar surface area (TPSA) is 50.2 Å². The van der Waals surface area contributed by atoms with E-state index in [1.807, 2.05) is 48.5 Å². The van der Waals surface area contributed by atoms with Gasteiger partial charge in [-0.05, 0) is 10.8 Å². The minimum absolute atomic E-state index is 0.384. The predicted molar refractivity (Wildman–Crippen MR) is 99.7 cm³/mol. The molecule has 116 valence electrons. The van der Waals surface area contributed by atoms with Gasteiger partial charge in [0.1, 0.15) is 0 Å². The fourth-order valence-electron chi connectivity index (χ4n) is 2.68. The van der Waals surface area contributed by atoms with Crippen molar-refractivity contribution in [2.24, 2.45) is 5.10 Å². The first kappa shape index (κ1) is 14.6. The van der Waals surface area contributed by atoms with E-state index < -0.39 is 0 Å². The first-order chi connectivity index (χ1) is 11.8. The smallest absolute Gasteiger partial charge is 0.176 e. The Morgan fingerprint density at radius 1 is 0.792 bits per heavy atom. The quantitative estimate of drug-likeness (QED) is 0.429. The molecule has 0 atom stereocenters. The van der Waals surface area contributed by atoms with E-state index in [1.165, 1.54) is 5.39 Å². The SMILES string of the molecule is Clc1nnc(N/N=C\c2cccc3ccccc23)c2ccccc12. The van der Waals surface area contributed by atoms with Crippen molar-refractivity contribution in [2.75, 3.05) is 5.43 Å². The molecule has 5 heteroatoms. The van der Waals surface area contributed by atoms with Gasteiger partial charge >= 0.3 is 0 Å². The Labute approximate surface area is 143 Å². The van der Waals surface area contributed by atoms with Crippen LogP contribution in [-0.4, -0.2) is 16.4 Å². The van der Waals surface area contributed by atoms with E-state index >= 15 is 0 Å². The molecule has 4 nitrogen and oxygen atoms in total. The second kappa shape index (κ2) is 6.26. The van der Waals surface area contributed by atoms with Gasteiger partial charge < -0.3 is 0 Å². The molecule has 1 N–H and O–H groups in total. The van der Waals surface area contributed by atoms with Gasteiger partial charge in [-0.1, -0.05) is 78.3 Å². The standard InChI is InChI=1S/C19H13ClN4/c20-18-16-10-3-4-11-17(16)19(24-22-18)23-21-12-14-8-5-7-13-6-1-2-9-15(13)14/h1-12H,(H,23,24)/b21-12-. The number of aromatic nitrogens is 2. The summed E-state index contributed by atoms with van der Waals surface area (Å²) in [5, 5.41) is 16.8. The highest BCUT2D eigenvalue weighted by Crippen LogP contribution is 2.25. The molecule has 0 amide bonds. The maximum atomic E-state index is 6.08. The Morgan fingerprint density at radius 3 is 2.38 bits per heavy atom. The fraction of sp³-hybridized carbons (Fsp3) is 0. The van der Waals surface area contributed by atoms with Gasteiger partial charge in [-0.25, -0.2) is 0 Å². The Balaban J connectivity index is 1.68. The minimum atomic E-state index is 0.384. The highest BCUT2D eigenvalue weighted by Gasteiger charge is 2.06. The number of hydrazone groups is 1. The van der Waals surface area contributed by atoms with Crippen molar-refractivity contribution in [1.29, 1.82) is 0 Å². The highest BCUT2D eigenvalue weighted by atomic mass is 35.5. The van der Waals surface area contributed by atoms with Gasteiger partial charge in [-0.2, -0.15) is 5.10 Å². The van der Waals surface area contributed by atoms with Crippen molar-refractivity contribution in [3.8, 4) is 0 Å². The lowest BCUT2D eigenvalue weighted by Crippen LogP contribution is -1.97.